The van der Waals surface area contributed by atoms with Gasteiger partial charge in [0.15, 0.2) is 0 Å². The standard InChI is InChI=1S/C31H33N3O4/c1-34-29(33-30(36)38-28(16-19-37-2)25-6-4-3-5-7-25)27(20-32-34)24-10-8-22(9-11-24)23-12-14-26(15-13-23)31(21-35)17-18-31/h3-15,20,28,35H,16-19,21H2,1-2H3,(H,33,36). The summed E-state index contributed by atoms with van der Waals surface area (Å²) in [4.78, 5) is 12.9. The van der Waals surface area contributed by atoms with E-state index in [0.717, 1.165) is 40.7 Å². The lowest BCUT2D eigenvalue weighted by Gasteiger charge is -2.19. The van der Waals surface area contributed by atoms with Gasteiger partial charge in [0, 0.05) is 31.6 Å². The number of aryl methyl sites for hydroxylation is 1. The summed E-state index contributed by atoms with van der Waals surface area (Å²) in [5, 5.41) is 17.0. The monoisotopic (exact) mass is 511 g/mol. The van der Waals surface area contributed by atoms with E-state index in [4.69, 9.17) is 9.47 Å². The highest BCUT2D eigenvalue weighted by Crippen LogP contribution is 2.47. The average Bonchev–Trinajstić information content (AvgIpc) is 3.69. The largest absolute Gasteiger partial charge is 0.441 e. The normalized spacial score (nSPS) is 14.6. The smallest absolute Gasteiger partial charge is 0.413 e. The quantitative estimate of drug-likeness (QED) is 0.269. The molecule has 1 fully saturated rings. The van der Waals surface area contributed by atoms with Gasteiger partial charge in [-0.3, -0.25) is 10.00 Å². The van der Waals surface area contributed by atoms with Gasteiger partial charge in [0.1, 0.15) is 11.9 Å². The van der Waals surface area contributed by atoms with E-state index < -0.39 is 12.2 Å². The summed E-state index contributed by atoms with van der Waals surface area (Å²) in [6, 6.07) is 26.3. The van der Waals surface area contributed by atoms with Gasteiger partial charge < -0.3 is 14.6 Å². The summed E-state index contributed by atoms with van der Waals surface area (Å²) in [6.45, 7) is 0.678. The molecule has 1 atom stereocenters. The number of aliphatic hydroxyl groups excluding tert-OH is 1. The van der Waals surface area contributed by atoms with E-state index >= 15 is 0 Å². The Morgan fingerprint density at radius 2 is 1.63 bits per heavy atom. The van der Waals surface area contributed by atoms with Crippen molar-refractivity contribution in [2.24, 2.45) is 7.05 Å². The molecule has 1 saturated carbocycles. The molecular weight excluding hydrogens is 478 g/mol. The fourth-order valence-electron chi connectivity index (χ4n) is 4.79. The highest BCUT2D eigenvalue weighted by molar-refractivity contribution is 5.90. The molecule has 1 aliphatic carbocycles. The number of nitrogens with zero attached hydrogens (tertiary/aromatic N) is 2. The van der Waals surface area contributed by atoms with Gasteiger partial charge in [-0.15, -0.1) is 0 Å². The zero-order valence-corrected chi connectivity index (χ0v) is 21.8. The molecule has 1 aliphatic rings. The number of rotatable bonds is 10. The lowest BCUT2D eigenvalue weighted by Crippen LogP contribution is -2.20. The highest BCUT2D eigenvalue weighted by atomic mass is 16.6. The molecule has 0 radical (unpaired) electrons. The lowest BCUT2D eigenvalue weighted by atomic mass is 9.94. The van der Waals surface area contributed by atoms with Crippen LogP contribution in [0.3, 0.4) is 0 Å². The number of amides is 1. The number of aromatic nitrogens is 2. The van der Waals surface area contributed by atoms with Gasteiger partial charge in [0.25, 0.3) is 0 Å². The second-order valence-electron chi connectivity index (χ2n) is 9.83. The van der Waals surface area contributed by atoms with Gasteiger partial charge in [-0.1, -0.05) is 78.9 Å². The van der Waals surface area contributed by atoms with Crippen LogP contribution in [-0.4, -0.2) is 41.3 Å². The Bertz CT molecular complexity index is 1360. The molecule has 2 N–H and O–H groups in total. The van der Waals surface area contributed by atoms with E-state index in [1.165, 1.54) is 5.56 Å². The van der Waals surface area contributed by atoms with E-state index in [9.17, 15) is 9.90 Å². The van der Waals surface area contributed by atoms with Gasteiger partial charge in [-0.05, 0) is 40.7 Å². The van der Waals surface area contributed by atoms with E-state index in [1.54, 1.807) is 25.0 Å². The number of carbonyl (C=O) groups excluding carboxylic acids is 1. The van der Waals surface area contributed by atoms with E-state index in [2.05, 4.69) is 46.8 Å². The molecular formula is C31H33N3O4. The molecule has 1 aromatic heterocycles. The summed E-state index contributed by atoms with van der Waals surface area (Å²) < 4.78 is 12.6. The Labute approximate surface area is 223 Å². The van der Waals surface area contributed by atoms with Crippen LogP contribution in [-0.2, 0) is 21.9 Å². The molecule has 1 amide bonds. The SMILES string of the molecule is COCCC(OC(=O)Nc1c(-c2ccc(-c3ccc(C4(CO)CC4)cc3)cc2)cnn1C)c1ccccc1. The van der Waals surface area contributed by atoms with Crippen LogP contribution in [0.5, 0.6) is 0 Å². The molecule has 1 heterocycles. The van der Waals surface area contributed by atoms with Gasteiger partial charge in [-0.2, -0.15) is 5.10 Å². The number of carbonyl (C=O) groups is 1. The third-order valence-corrected chi connectivity index (χ3v) is 7.35. The summed E-state index contributed by atoms with van der Waals surface area (Å²) >= 11 is 0. The zero-order valence-electron chi connectivity index (χ0n) is 21.8. The van der Waals surface area contributed by atoms with Crippen LogP contribution < -0.4 is 5.32 Å². The molecule has 7 nitrogen and oxygen atoms in total. The molecule has 38 heavy (non-hydrogen) atoms. The third kappa shape index (κ3) is 5.49. The molecule has 0 aliphatic heterocycles. The lowest BCUT2D eigenvalue weighted by molar-refractivity contribution is 0.0805. The molecule has 1 unspecified atom stereocenters. The second-order valence-corrected chi connectivity index (χ2v) is 9.83. The Balaban J connectivity index is 1.30. The molecule has 0 saturated heterocycles. The van der Waals surface area contributed by atoms with E-state index in [0.29, 0.717) is 18.8 Å². The fourth-order valence-corrected chi connectivity index (χ4v) is 4.79. The topological polar surface area (TPSA) is 85.6 Å². The summed E-state index contributed by atoms with van der Waals surface area (Å²) in [5.41, 5.74) is 6.04. The number of hydrogen-bond donors (Lipinski definition) is 2. The summed E-state index contributed by atoms with van der Waals surface area (Å²) in [5.74, 6) is 0.560. The minimum absolute atomic E-state index is 0.0296. The Morgan fingerprint density at radius 1 is 1.00 bits per heavy atom. The Hall–Kier alpha value is -3.94. The maximum Gasteiger partial charge on any atom is 0.413 e. The number of hydrogen-bond acceptors (Lipinski definition) is 5. The van der Waals surface area contributed by atoms with Crippen molar-refractivity contribution in [2.75, 3.05) is 25.6 Å². The van der Waals surface area contributed by atoms with Crippen molar-refractivity contribution in [3.63, 3.8) is 0 Å². The molecule has 0 spiro atoms. The fraction of sp³-hybridized carbons (Fsp3) is 0.290. The summed E-state index contributed by atoms with van der Waals surface area (Å²) in [6.07, 6.45) is 3.41. The number of nitrogens with one attached hydrogen (secondary N) is 1. The van der Waals surface area contributed by atoms with E-state index in [1.807, 2.05) is 42.5 Å². The number of methoxy groups -OCH3 is 1. The number of aliphatic hydroxyl groups is 1. The first kappa shape index (κ1) is 25.7. The van der Waals surface area contributed by atoms with Gasteiger partial charge in [0.2, 0.25) is 0 Å². The van der Waals surface area contributed by atoms with Crippen molar-refractivity contribution >= 4 is 11.9 Å². The predicted molar refractivity (Wildman–Crippen MR) is 148 cm³/mol. The van der Waals surface area contributed by atoms with Crippen LogP contribution in [0.2, 0.25) is 0 Å². The van der Waals surface area contributed by atoms with Crippen molar-refractivity contribution in [1.82, 2.24) is 9.78 Å². The third-order valence-electron chi connectivity index (χ3n) is 7.35. The Morgan fingerprint density at radius 3 is 2.24 bits per heavy atom. The van der Waals surface area contributed by atoms with E-state index in [-0.39, 0.29) is 12.0 Å². The zero-order chi connectivity index (χ0) is 26.5. The van der Waals surface area contributed by atoms with Gasteiger partial charge >= 0.3 is 6.09 Å². The maximum absolute atomic E-state index is 12.9. The van der Waals surface area contributed by atoms with Crippen molar-refractivity contribution < 1.29 is 19.4 Å². The van der Waals surface area contributed by atoms with Crippen molar-refractivity contribution in [3.8, 4) is 22.3 Å². The minimum Gasteiger partial charge on any atom is -0.441 e. The highest BCUT2D eigenvalue weighted by Gasteiger charge is 2.43. The van der Waals surface area contributed by atoms with Crippen LogP contribution in [0.25, 0.3) is 22.3 Å². The first-order valence-corrected chi connectivity index (χ1v) is 12.9. The number of ether oxygens (including phenoxy) is 2. The average molecular weight is 512 g/mol. The van der Waals surface area contributed by atoms with Gasteiger partial charge in [0.05, 0.1) is 19.4 Å². The Kier molecular flexibility index (Phi) is 7.58. The molecule has 0 bridgehead atoms. The predicted octanol–water partition coefficient (Wildman–Crippen LogP) is 6.10. The first-order chi connectivity index (χ1) is 18.5. The molecule has 196 valence electrons. The van der Waals surface area contributed by atoms with Crippen LogP contribution in [0, 0.1) is 0 Å². The van der Waals surface area contributed by atoms with Crippen molar-refractivity contribution in [2.45, 2.75) is 30.8 Å². The van der Waals surface area contributed by atoms with Crippen LogP contribution in [0.1, 0.15) is 36.5 Å². The van der Waals surface area contributed by atoms with Crippen LogP contribution in [0.4, 0.5) is 10.6 Å². The molecule has 4 aromatic rings. The maximum atomic E-state index is 12.9. The molecule has 3 aromatic carbocycles. The van der Waals surface area contributed by atoms with Crippen molar-refractivity contribution in [1.29, 1.82) is 0 Å². The molecule has 5 rings (SSSR count). The minimum atomic E-state index is -0.548. The number of benzene rings is 3. The summed E-state index contributed by atoms with van der Waals surface area (Å²) in [7, 11) is 3.42. The van der Waals surface area contributed by atoms with Gasteiger partial charge in [-0.25, -0.2) is 4.79 Å². The molecule has 7 heteroatoms. The van der Waals surface area contributed by atoms with Crippen LogP contribution in [0.15, 0.2) is 85.1 Å². The van der Waals surface area contributed by atoms with Crippen LogP contribution >= 0.6 is 0 Å². The van der Waals surface area contributed by atoms with Crippen molar-refractivity contribution in [3.05, 3.63) is 96.2 Å². The first-order valence-electron chi connectivity index (χ1n) is 12.9. The number of anilines is 1. The second kappa shape index (κ2) is 11.2.